The van der Waals surface area contributed by atoms with E-state index in [2.05, 4.69) is 4.72 Å². The largest absolute Gasteiger partial charge is 0.377 e. The molecule has 8 heteroatoms. The predicted octanol–water partition coefficient (Wildman–Crippen LogP) is 0.613. The lowest BCUT2D eigenvalue weighted by molar-refractivity contribution is 0.114. The van der Waals surface area contributed by atoms with Gasteiger partial charge in [0.2, 0.25) is 10.0 Å². The van der Waals surface area contributed by atoms with E-state index in [4.69, 9.17) is 4.74 Å². The number of ether oxygens (including phenoxy) is 1. The van der Waals surface area contributed by atoms with Crippen molar-refractivity contribution in [3.05, 3.63) is 29.8 Å². The van der Waals surface area contributed by atoms with Gasteiger partial charge in [-0.25, -0.2) is 21.6 Å². The molecule has 0 spiro atoms. The van der Waals surface area contributed by atoms with Crippen molar-refractivity contribution in [2.24, 2.45) is 0 Å². The van der Waals surface area contributed by atoms with Crippen molar-refractivity contribution < 1.29 is 21.6 Å². The van der Waals surface area contributed by atoms with E-state index in [-0.39, 0.29) is 17.5 Å². The van der Waals surface area contributed by atoms with Gasteiger partial charge in [-0.15, -0.1) is 0 Å². The summed E-state index contributed by atoms with van der Waals surface area (Å²) in [5.74, 6) is -0.396. The minimum atomic E-state index is -3.74. The summed E-state index contributed by atoms with van der Waals surface area (Å²) >= 11 is 0. The third kappa shape index (κ3) is 2.85. The highest BCUT2D eigenvalue weighted by molar-refractivity contribution is 7.95. The van der Waals surface area contributed by atoms with Crippen LogP contribution in [0.2, 0.25) is 0 Å². The molecule has 2 atom stereocenters. The molecule has 3 rings (SSSR count). The van der Waals surface area contributed by atoms with E-state index in [9.17, 15) is 16.8 Å². The molecular weight excluding hydrogens is 314 g/mol. The molecule has 0 saturated carbocycles. The summed E-state index contributed by atoms with van der Waals surface area (Å²) in [6.45, 7) is 0.841. The average Bonchev–Trinajstić information content (AvgIpc) is 3.04. The zero-order valence-corrected chi connectivity index (χ0v) is 13.0. The molecule has 6 nitrogen and oxygen atoms in total. The van der Waals surface area contributed by atoms with Gasteiger partial charge in [-0.05, 0) is 24.5 Å². The fourth-order valence-electron chi connectivity index (χ4n) is 2.78. The van der Waals surface area contributed by atoms with Crippen LogP contribution in [0.3, 0.4) is 0 Å². The van der Waals surface area contributed by atoms with Crippen LogP contribution in [0.25, 0.3) is 0 Å². The standard InChI is InChI=1S/C13H17NO5S2/c15-20(16)9-13(11-5-1-2-6-12(11)20)21(17,18)14-8-10-4-3-7-19-10/h1-2,5-6,10,13-14H,3-4,7-9H2/t10-,13+/m0/s1. The topological polar surface area (TPSA) is 89.5 Å². The van der Waals surface area contributed by atoms with Crippen molar-refractivity contribution in [2.45, 2.75) is 29.1 Å². The van der Waals surface area contributed by atoms with E-state index in [1.807, 2.05) is 0 Å². The molecule has 0 amide bonds. The number of nitrogens with one attached hydrogen (secondary N) is 1. The first kappa shape index (κ1) is 15.0. The highest BCUT2D eigenvalue weighted by Gasteiger charge is 2.42. The van der Waals surface area contributed by atoms with Crippen LogP contribution >= 0.6 is 0 Å². The van der Waals surface area contributed by atoms with Crippen molar-refractivity contribution in [3.8, 4) is 0 Å². The fraction of sp³-hybridized carbons (Fsp3) is 0.538. The Morgan fingerprint density at radius 1 is 1.29 bits per heavy atom. The number of sulfonamides is 1. The molecule has 2 heterocycles. The minimum absolute atomic E-state index is 0.118. The van der Waals surface area contributed by atoms with Gasteiger partial charge in [0.25, 0.3) is 0 Å². The number of fused-ring (bicyclic) bond motifs is 1. The van der Waals surface area contributed by atoms with Gasteiger partial charge in [0.1, 0.15) is 5.25 Å². The lowest BCUT2D eigenvalue weighted by Crippen LogP contribution is -2.35. The van der Waals surface area contributed by atoms with Crippen LogP contribution < -0.4 is 4.72 Å². The summed E-state index contributed by atoms with van der Waals surface area (Å²) in [5, 5.41) is -1.04. The molecule has 0 unspecified atom stereocenters. The Morgan fingerprint density at radius 2 is 2.05 bits per heavy atom. The molecule has 0 radical (unpaired) electrons. The van der Waals surface area contributed by atoms with Crippen molar-refractivity contribution in [2.75, 3.05) is 18.9 Å². The van der Waals surface area contributed by atoms with Crippen LogP contribution in [0.1, 0.15) is 23.7 Å². The number of hydrogen-bond donors (Lipinski definition) is 1. The summed E-state index contributed by atoms with van der Waals surface area (Å²) in [6.07, 6.45) is 1.63. The van der Waals surface area contributed by atoms with Crippen LogP contribution in [-0.2, 0) is 24.6 Å². The van der Waals surface area contributed by atoms with Gasteiger partial charge in [-0.2, -0.15) is 0 Å². The second-order valence-corrected chi connectivity index (χ2v) is 9.29. The van der Waals surface area contributed by atoms with E-state index in [0.29, 0.717) is 12.2 Å². The summed E-state index contributed by atoms with van der Waals surface area (Å²) < 4.78 is 56.8. The van der Waals surface area contributed by atoms with Gasteiger partial charge in [0.05, 0.1) is 16.8 Å². The Hall–Kier alpha value is -0.960. The maximum absolute atomic E-state index is 12.4. The Labute approximate surface area is 124 Å². The van der Waals surface area contributed by atoms with Crippen LogP contribution in [0.4, 0.5) is 0 Å². The SMILES string of the molecule is O=S1(=O)C[C@@H](S(=O)(=O)NC[C@@H]2CCCO2)c2ccccc21. The number of benzene rings is 1. The normalized spacial score (nSPS) is 27.6. The maximum atomic E-state index is 12.4. The number of sulfone groups is 1. The van der Waals surface area contributed by atoms with E-state index in [1.165, 1.54) is 6.07 Å². The monoisotopic (exact) mass is 331 g/mol. The van der Waals surface area contributed by atoms with Crippen molar-refractivity contribution >= 4 is 19.9 Å². The first-order valence-electron chi connectivity index (χ1n) is 6.82. The van der Waals surface area contributed by atoms with Gasteiger partial charge in [0.15, 0.2) is 9.84 Å². The second kappa shape index (κ2) is 5.35. The first-order chi connectivity index (χ1) is 9.90. The summed E-state index contributed by atoms with van der Waals surface area (Å²) in [6, 6.07) is 6.28. The van der Waals surface area contributed by atoms with Gasteiger partial charge in [0, 0.05) is 13.2 Å². The Kier molecular flexibility index (Phi) is 3.81. The third-order valence-corrected chi connectivity index (χ3v) is 7.65. The summed E-state index contributed by atoms with van der Waals surface area (Å²) in [5.41, 5.74) is 0.359. The highest BCUT2D eigenvalue weighted by atomic mass is 32.2. The molecule has 1 saturated heterocycles. The van der Waals surface area contributed by atoms with Gasteiger partial charge >= 0.3 is 0 Å². The van der Waals surface area contributed by atoms with Crippen molar-refractivity contribution in [1.29, 1.82) is 0 Å². The predicted molar refractivity (Wildman–Crippen MR) is 77.1 cm³/mol. The first-order valence-corrected chi connectivity index (χ1v) is 10.0. The van der Waals surface area contributed by atoms with Crippen LogP contribution in [0.15, 0.2) is 29.2 Å². The van der Waals surface area contributed by atoms with E-state index < -0.39 is 30.9 Å². The van der Waals surface area contributed by atoms with Gasteiger partial charge in [-0.3, -0.25) is 0 Å². The van der Waals surface area contributed by atoms with Crippen molar-refractivity contribution in [3.63, 3.8) is 0 Å². The lowest BCUT2D eigenvalue weighted by atomic mass is 10.2. The quantitative estimate of drug-likeness (QED) is 0.873. The van der Waals surface area contributed by atoms with Crippen LogP contribution in [-0.4, -0.2) is 41.8 Å². The molecule has 0 aliphatic carbocycles. The third-order valence-electron chi connectivity index (χ3n) is 3.88. The van der Waals surface area contributed by atoms with Gasteiger partial charge in [-0.1, -0.05) is 18.2 Å². The highest BCUT2D eigenvalue weighted by Crippen LogP contribution is 2.37. The Morgan fingerprint density at radius 3 is 2.76 bits per heavy atom. The molecule has 0 bridgehead atoms. The number of hydrogen-bond acceptors (Lipinski definition) is 5. The molecule has 1 aromatic carbocycles. The molecule has 21 heavy (non-hydrogen) atoms. The smallest absolute Gasteiger partial charge is 0.219 e. The van der Waals surface area contributed by atoms with E-state index in [0.717, 1.165) is 12.8 Å². The van der Waals surface area contributed by atoms with Crippen LogP contribution in [0, 0.1) is 0 Å². The molecule has 1 N–H and O–H groups in total. The average molecular weight is 331 g/mol. The molecule has 1 fully saturated rings. The molecule has 1 aromatic rings. The molecule has 2 aliphatic heterocycles. The Balaban J connectivity index is 1.83. The van der Waals surface area contributed by atoms with Crippen molar-refractivity contribution in [1.82, 2.24) is 4.72 Å². The molecule has 116 valence electrons. The van der Waals surface area contributed by atoms with Crippen LogP contribution in [0.5, 0.6) is 0 Å². The maximum Gasteiger partial charge on any atom is 0.219 e. The summed E-state index contributed by atoms with van der Waals surface area (Å²) in [4.78, 5) is 0.123. The number of rotatable bonds is 4. The van der Waals surface area contributed by atoms with Gasteiger partial charge < -0.3 is 4.74 Å². The van der Waals surface area contributed by atoms with E-state index >= 15 is 0 Å². The molecular formula is C13H17NO5S2. The fourth-order valence-corrected chi connectivity index (χ4v) is 6.88. The molecule has 2 aliphatic rings. The Bertz CT molecular complexity index is 736. The lowest BCUT2D eigenvalue weighted by Gasteiger charge is -2.15. The zero-order chi connectivity index (χ0) is 15.1. The summed E-state index contributed by atoms with van der Waals surface area (Å²) in [7, 11) is -7.27. The molecule has 0 aromatic heterocycles. The second-order valence-electron chi connectivity index (χ2n) is 5.34. The van der Waals surface area contributed by atoms with E-state index in [1.54, 1.807) is 18.2 Å². The minimum Gasteiger partial charge on any atom is -0.377 e. The zero-order valence-electron chi connectivity index (χ0n) is 11.4.